The smallest absolute Gasteiger partial charge is 0.200 e. The first-order valence-electron chi connectivity index (χ1n) is 23.1. The Bertz CT molecular complexity index is 4940. The highest BCUT2D eigenvalue weighted by Crippen LogP contribution is 2.48. The molecule has 0 spiro atoms. The average molecular weight is 1220 g/mol. The van der Waals surface area contributed by atoms with Gasteiger partial charge in [-0.25, -0.2) is 115 Å². The molecule has 0 atom stereocenters. The minimum Gasteiger partial charge on any atom is -0.354 e. The number of aromatic amines is 3. The van der Waals surface area contributed by atoms with Crippen molar-refractivity contribution in [2.75, 3.05) is 0 Å². The maximum Gasteiger partial charge on any atom is 0.200 e. The van der Waals surface area contributed by atoms with Crippen molar-refractivity contribution in [2.24, 2.45) is 0 Å². The van der Waals surface area contributed by atoms with Gasteiger partial charge in [-0.1, -0.05) is 0 Å². The predicted molar refractivity (Wildman–Crippen MR) is 250 cm³/mol. The summed E-state index contributed by atoms with van der Waals surface area (Å²) in [6.45, 7) is 0. The Morgan fingerprint density at radius 3 is 0.824 bits per heavy atom. The fourth-order valence-electron chi connectivity index (χ4n) is 10.2. The van der Waals surface area contributed by atoms with Crippen LogP contribution in [0.25, 0.3) is 117 Å². The Balaban J connectivity index is 1.44. The molecular formula is C55H12F25N5. The highest BCUT2D eigenvalue weighted by Gasteiger charge is 2.37. The molecular weight excluding hydrogens is 1210 g/mol. The van der Waals surface area contributed by atoms with Gasteiger partial charge in [-0.3, -0.25) is 4.40 Å². The van der Waals surface area contributed by atoms with Crippen molar-refractivity contribution in [3.05, 3.63) is 199 Å². The van der Waals surface area contributed by atoms with Gasteiger partial charge in [0.15, 0.2) is 116 Å². The van der Waals surface area contributed by atoms with E-state index < -0.39 is 262 Å². The third-order valence-electron chi connectivity index (χ3n) is 13.9. The minimum atomic E-state index is -2.86. The summed E-state index contributed by atoms with van der Waals surface area (Å²) in [5.41, 5.74) is -28.5. The minimum absolute atomic E-state index is 0.383. The number of halogens is 25. The maximum atomic E-state index is 16.5. The van der Waals surface area contributed by atoms with Crippen LogP contribution < -0.4 is 0 Å². The number of aromatic nitrogens is 5. The van der Waals surface area contributed by atoms with E-state index in [0.29, 0.717) is 59.0 Å². The van der Waals surface area contributed by atoms with Crippen LogP contribution in [0.4, 0.5) is 110 Å². The van der Waals surface area contributed by atoms with Crippen molar-refractivity contribution in [1.29, 1.82) is 0 Å². The van der Waals surface area contributed by atoms with Gasteiger partial charge in [-0.05, 0) is 54.6 Å². The van der Waals surface area contributed by atoms with Crippen molar-refractivity contribution in [3.63, 3.8) is 0 Å². The van der Waals surface area contributed by atoms with Gasteiger partial charge in [0.05, 0.1) is 55.8 Å². The van der Waals surface area contributed by atoms with E-state index in [2.05, 4.69) is 19.9 Å². The van der Waals surface area contributed by atoms with Crippen molar-refractivity contribution >= 4 is 61.8 Å². The van der Waals surface area contributed by atoms with Gasteiger partial charge in [0, 0.05) is 55.3 Å². The molecule has 0 saturated heterocycles. The maximum absolute atomic E-state index is 16.5. The first-order valence-corrected chi connectivity index (χ1v) is 23.1. The van der Waals surface area contributed by atoms with E-state index in [-0.39, 0.29) is 0 Å². The zero-order valence-corrected chi connectivity index (χ0v) is 40.0. The Kier molecular flexibility index (Phi) is 12.5. The van der Waals surface area contributed by atoms with Crippen molar-refractivity contribution in [2.45, 2.75) is 0 Å². The quantitative estimate of drug-likeness (QED) is 0.0897. The fourth-order valence-corrected chi connectivity index (χ4v) is 10.2. The van der Waals surface area contributed by atoms with E-state index in [0.717, 1.165) is 0 Å². The molecule has 1 aliphatic rings. The monoisotopic (exact) mass is 1220 g/mol. The second kappa shape index (κ2) is 19.1. The van der Waals surface area contributed by atoms with E-state index in [1.54, 1.807) is 0 Å². The van der Waals surface area contributed by atoms with Crippen LogP contribution in [0.2, 0.25) is 0 Å². The van der Waals surface area contributed by atoms with Crippen LogP contribution in [0, 0.1) is 145 Å². The number of hydrogen-bond donors (Lipinski definition) is 3. The molecule has 30 heteroatoms. The average Bonchev–Trinajstić information content (AvgIpc) is 1.60. The molecule has 3 N–H and O–H groups in total. The molecule has 12 rings (SSSR count). The van der Waals surface area contributed by atoms with Crippen LogP contribution in [-0.2, 0) is 0 Å². The van der Waals surface area contributed by atoms with E-state index in [1.165, 1.54) is 0 Å². The lowest BCUT2D eigenvalue weighted by Gasteiger charge is -2.12. The molecule has 11 aromatic rings. The molecule has 0 amide bonds. The molecule has 5 aromatic carbocycles. The van der Waals surface area contributed by atoms with E-state index in [4.69, 9.17) is 0 Å². The first-order chi connectivity index (χ1) is 40.1. The Morgan fingerprint density at radius 2 is 0.482 bits per heavy atom. The molecule has 85 heavy (non-hydrogen) atoms. The van der Waals surface area contributed by atoms with Gasteiger partial charge in [0.2, 0.25) is 29.1 Å². The molecule has 5 nitrogen and oxygen atoms in total. The van der Waals surface area contributed by atoms with Crippen molar-refractivity contribution in [3.8, 4) is 55.6 Å². The third kappa shape index (κ3) is 7.54. The Hall–Kier alpha value is -9.90. The summed E-state index contributed by atoms with van der Waals surface area (Å²) in [5, 5.41) is -1.04. The summed E-state index contributed by atoms with van der Waals surface area (Å²) >= 11 is 0. The lowest BCUT2D eigenvalue weighted by atomic mass is 10.0. The summed E-state index contributed by atoms with van der Waals surface area (Å²) < 4.78 is 390. The van der Waals surface area contributed by atoms with Crippen LogP contribution in [0.5, 0.6) is 0 Å². The molecule has 0 unspecified atom stereocenters. The topological polar surface area (TPSA) is 64.7 Å². The zero-order chi connectivity index (χ0) is 61.3. The number of rotatable bonds is 5. The fraction of sp³-hybridized carbons (Fsp3) is 0. The van der Waals surface area contributed by atoms with Crippen LogP contribution in [0.15, 0.2) is 42.5 Å². The summed E-state index contributed by atoms with van der Waals surface area (Å²) in [6.07, 6.45) is 0.956. The molecule has 0 saturated carbocycles. The summed E-state index contributed by atoms with van der Waals surface area (Å²) in [4.78, 5) is 10.7. The SMILES string of the molecule is Fc1c(F)c(F)c(-c2c3nc(c(-c4c(F)c(F)c(F)c(F)c4F)c4ccc5c(-c6c(F)c(F)c(F)c(F)c6F)c6cc([nH]c6n45)c(-c4c(F)c(F)c(F)c(F)c4F)c4ccc([nH]4)c(-c4c(F)c(F)c(F)c(F)c4F)c4ccc2[nH]4)C=C3)c(F)c1F. The standard InChI is InChI=1S/C55H12F25N5/c56-30-25(31(57)41(67)50(76)40(30)66)20-10-9-17-23(28-36(62)46(72)53(79)47(73)37(28)63)15-4-3-13(82-15)21(26-32(58)42(68)51(77)43(69)33(26)59)11-1-2-12(81-11)22(27-34(60)44(70)52(78)45(71)35(27)61)14-5-6-16(83-14)24(19-8-7-18(20)85(19)55(10)84-17)29-38(64)48(74)54(80)49(75)39(29)65/h1-9,81-82,84H. The Morgan fingerprint density at radius 1 is 0.235 bits per heavy atom. The van der Waals surface area contributed by atoms with Gasteiger partial charge < -0.3 is 15.0 Å². The lowest BCUT2D eigenvalue weighted by Crippen LogP contribution is -2.06. The predicted octanol–water partition coefficient (Wildman–Crippen LogP) is 17.9. The van der Waals surface area contributed by atoms with E-state index in [1.807, 2.05) is 0 Å². The van der Waals surface area contributed by atoms with E-state index >= 15 is 87.8 Å². The number of nitrogens with one attached hydrogen (secondary N) is 3. The molecule has 0 radical (unpaired) electrons. The highest BCUT2D eigenvalue weighted by molar-refractivity contribution is 6.12. The third-order valence-corrected chi connectivity index (χ3v) is 13.9. The summed E-state index contributed by atoms with van der Waals surface area (Å²) in [6, 6.07) is 3.67. The van der Waals surface area contributed by atoms with Gasteiger partial charge >= 0.3 is 0 Å². The number of hydrogen-bond acceptors (Lipinski definition) is 1. The first kappa shape index (κ1) is 55.6. The van der Waals surface area contributed by atoms with Crippen LogP contribution >= 0.6 is 0 Å². The van der Waals surface area contributed by atoms with Crippen molar-refractivity contribution in [1.82, 2.24) is 24.3 Å². The van der Waals surface area contributed by atoms with Crippen LogP contribution in [0.3, 0.4) is 0 Å². The molecule has 0 aliphatic carbocycles. The largest absolute Gasteiger partial charge is 0.354 e. The number of fused-ring (bicyclic) bond motifs is 7. The lowest BCUT2D eigenvalue weighted by molar-refractivity contribution is 0.381. The normalized spacial score (nSPS) is 12.2. The molecule has 8 bridgehead atoms. The van der Waals surface area contributed by atoms with Crippen LogP contribution in [-0.4, -0.2) is 24.3 Å². The van der Waals surface area contributed by atoms with Crippen molar-refractivity contribution < 1.29 is 110 Å². The molecule has 6 aromatic heterocycles. The number of nitrogens with zero attached hydrogens (tertiary/aromatic N) is 2. The van der Waals surface area contributed by atoms with E-state index in [9.17, 15) is 22.0 Å². The van der Waals surface area contributed by atoms with Gasteiger partial charge in [0.1, 0.15) is 5.65 Å². The van der Waals surface area contributed by atoms with Gasteiger partial charge in [-0.2, -0.15) is 0 Å². The molecule has 7 heterocycles. The van der Waals surface area contributed by atoms with Gasteiger partial charge in [0.25, 0.3) is 0 Å². The van der Waals surface area contributed by atoms with Gasteiger partial charge in [-0.15, -0.1) is 0 Å². The molecule has 1 aliphatic heterocycles. The Labute approximate surface area is 450 Å². The summed E-state index contributed by atoms with van der Waals surface area (Å²) in [7, 11) is 0. The molecule has 432 valence electrons. The number of H-pyrrole nitrogens is 3. The molecule has 0 fully saturated rings. The second-order valence-electron chi connectivity index (χ2n) is 18.3. The zero-order valence-electron chi connectivity index (χ0n) is 40.0. The van der Waals surface area contributed by atoms with Crippen LogP contribution in [0.1, 0.15) is 11.4 Å². The summed E-state index contributed by atoms with van der Waals surface area (Å²) in [5.74, 6) is -69.1. The number of benzene rings is 5. The second-order valence-corrected chi connectivity index (χ2v) is 18.3. The highest BCUT2D eigenvalue weighted by atomic mass is 19.2.